The smallest absolute Gasteiger partial charge is 0.320 e. The Kier molecular flexibility index (Phi) is 6.36. The number of rotatable bonds is 8. The van der Waals surface area contributed by atoms with E-state index in [9.17, 15) is 9.18 Å². The Morgan fingerprint density at radius 2 is 2.00 bits per heavy atom. The maximum absolute atomic E-state index is 13.1. The SMILES string of the molecule is CCOC(=O)CN(Cc1ccc(F)cc1)Cc1csc(-c2ccc(C)o2)n1. The number of aromatic nitrogens is 1. The second-order valence-electron chi connectivity index (χ2n) is 6.13. The van der Waals surface area contributed by atoms with Gasteiger partial charge in [0.1, 0.15) is 11.6 Å². The standard InChI is InChI=1S/C20H21FN2O3S/c1-3-25-19(24)12-23(10-15-5-7-16(21)8-6-15)11-17-13-27-20(22-17)18-9-4-14(2)26-18/h4-9,13H,3,10-12H2,1-2H3. The van der Waals surface area contributed by atoms with Crippen LogP contribution in [0.15, 0.2) is 46.2 Å². The number of aryl methyl sites for hydroxylation is 1. The number of esters is 1. The molecule has 2 aromatic heterocycles. The average molecular weight is 388 g/mol. The van der Waals surface area contributed by atoms with Crippen LogP contribution in [0.5, 0.6) is 0 Å². The van der Waals surface area contributed by atoms with Crippen molar-refractivity contribution >= 4 is 17.3 Å². The van der Waals surface area contributed by atoms with Crippen LogP contribution in [0.2, 0.25) is 0 Å². The predicted octanol–water partition coefficient (Wildman–Crippen LogP) is 4.42. The molecule has 0 N–H and O–H groups in total. The summed E-state index contributed by atoms with van der Waals surface area (Å²) >= 11 is 1.50. The van der Waals surface area contributed by atoms with E-state index in [4.69, 9.17) is 9.15 Å². The first-order valence-electron chi connectivity index (χ1n) is 8.67. The number of carbonyl (C=O) groups excluding carboxylic acids is 1. The normalized spacial score (nSPS) is 11.1. The molecule has 0 amide bonds. The van der Waals surface area contributed by atoms with Gasteiger partial charge >= 0.3 is 5.97 Å². The number of nitrogens with zero attached hydrogens (tertiary/aromatic N) is 2. The Bertz CT molecular complexity index is 889. The van der Waals surface area contributed by atoms with Crippen molar-refractivity contribution < 1.29 is 18.3 Å². The third-order valence-electron chi connectivity index (χ3n) is 3.87. The molecule has 7 heteroatoms. The lowest BCUT2D eigenvalue weighted by Gasteiger charge is -2.20. The summed E-state index contributed by atoms with van der Waals surface area (Å²) in [5.74, 6) is 0.992. The molecule has 2 heterocycles. The molecule has 0 aliphatic heterocycles. The second kappa shape index (κ2) is 8.92. The summed E-state index contributed by atoms with van der Waals surface area (Å²) in [6.07, 6.45) is 0. The minimum absolute atomic E-state index is 0.137. The van der Waals surface area contributed by atoms with Crippen molar-refractivity contribution in [2.24, 2.45) is 0 Å². The topological polar surface area (TPSA) is 55.6 Å². The van der Waals surface area contributed by atoms with Crippen molar-refractivity contribution in [1.82, 2.24) is 9.88 Å². The fourth-order valence-corrected chi connectivity index (χ4v) is 3.45. The van der Waals surface area contributed by atoms with E-state index in [0.717, 1.165) is 27.8 Å². The van der Waals surface area contributed by atoms with Crippen LogP contribution in [0.25, 0.3) is 10.8 Å². The van der Waals surface area contributed by atoms with E-state index < -0.39 is 0 Å². The van der Waals surface area contributed by atoms with E-state index >= 15 is 0 Å². The minimum Gasteiger partial charge on any atom is -0.465 e. The molecule has 0 spiro atoms. The summed E-state index contributed by atoms with van der Waals surface area (Å²) in [6, 6.07) is 10.1. The Labute approximate surface area is 161 Å². The summed E-state index contributed by atoms with van der Waals surface area (Å²) in [5.41, 5.74) is 1.76. The summed E-state index contributed by atoms with van der Waals surface area (Å²) in [6.45, 7) is 5.11. The quantitative estimate of drug-likeness (QED) is 0.535. The second-order valence-corrected chi connectivity index (χ2v) is 6.99. The number of thiazole rings is 1. The number of halogens is 1. The first-order chi connectivity index (χ1) is 13.0. The van der Waals surface area contributed by atoms with Crippen LogP contribution in [0, 0.1) is 12.7 Å². The van der Waals surface area contributed by atoms with Gasteiger partial charge in [-0.05, 0) is 43.7 Å². The van der Waals surface area contributed by atoms with Crippen molar-refractivity contribution in [2.45, 2.75) is 26.9 Å². The van der Waals surface area contributed by atoms with E-state index in [-0.39, 0.29) is 18.3 Å². The first-order valence-corrected chi connectivity index (χ1v) is 9.55. The maximum Gasteiger partial charge on any atom is 0.320 e. The Morgan fingerprint density at radius 3 is 2.67 bits per heavy atom. The molecular weight excluding hydrogens is 367 g/mol. The largest absolute Gasteiger partial charge is 0.465 e. The lowest BCUT2D eigenvalue weighted by atomic mass is 10.2. The average Bonchev–Trinajstić information content (AvgIpc) is 3.26. The lowest BCUT2D eigenvalue weighted by molar-refractivity contribution is -0.144. The molecule has 0 bridgehead atoms. The van der Waals surface area contributed by atoms with Crippen molar-refractivity contribution in [2.75, 3.05) is 13.2 Å². The Morgan fingerprint density at radius 1 is 1.22 bits per heavy atom. The van der Waals surface area contributed by atoms with Gasteiger partial charge in [0.05, 0.1) is 18.8 Å². The van der Waals surface area contributed by atoms with Crippen molar-refractivity contribution in [3.05, 3.63) is 64.6 Å². The van der Waals surface area contributed by atoms with Gasteiger partial charge in [-0.15, -0.1) is 11.3 Å². The van der Waals surface area contributed by atoms with E-state index in [1.165, 1.54) is 23.5 Å². The van der Waals surface area contributed by atoms with Gasteiger partial charge in [-0.1, -0.05) is 12.1 Å². The lowest BCUT2D eigenvalue weighted by Crippen LogP contribution is -2.30. The molecule has 1 aromatic carbocycles. The van der Waals surface area contributed by atoms with Gasteiger partial charge in [0.2, 0.25) is 0 Å². The number of benzene rings is 1. The molecular formula is C20H21FN2O3S. The van der Waals surface area contributed by atoms with Gasteiger partial charge in [-0.2, -0.15) is 0 Å². The molecule has 0 unspecified atom stereocenters. The molecule has 0 saturated carbocycles. The van der Waals surface area contributed by atoms with Crippen LogP contribution >= 0.6 is 11.3 Å². The van der Waals surface area contributed by atoms with Crippen LogP contribution in [0.4, 0.5) is 4.39 Å². The zero-order chi connectivity index (χ0) is 19.2. The Hall–Kier alpha value is -2.51. The minimum atomic E-state index is -0.295. The van der Waals surface area contributed by atoms with E-state index in [1.54, 1.807) is 19.1 Å². The molecule has 0 fully saturated rings. The highest BCUT2D eigenvalue weighted by Gasteiger charge is 2.16. The van der Waals surface area contributed by atoms with Gasteiger partial charge in [0.25, 0.3) is 0 Å². The number of hydrogen-bond donors (Lipinski definition) is 0. The monoisotopic (exact) mass is 388 g/mol. The molecule has 5 nitrogen and oxygen atoms in total. The number of hydrogen-bond acceptors (Lipinski definition) is 6. The highest BCUT2D eigenvalue weighted by atomic mass is 32.1. The van der Waals surface area contributed by atoms with Gasteiger partial charge in [-0.3, -0.25) is 9.69 Å². The zero-order valence-corrected chi connectivity index (χ0v) is 16.1. The first kappa shape index (κ1) is 19.3. The molecule has 3 rings (SSSR count). The fraction of sp³-hybridized carbons (Fsp3) is 0.300. The maximum atomic E-state index is 13.1. The highest BCUT2D eigenvalue weighted by Crippen LogP contribution is 2.26. The molecule has 27 heavy (non-hydrogen) atoms. The third-order valence-corrected chi connectivity index (χ3v) is 4.77. The fourth-order valence-electron chi connectivity index (χ4n) is 2.68. The van der Waals surface area contributed by atoms with Crippen LogP contribution in [0.1, 0.15) is 23.9 Å². The third kappa shape index (κ3) is 5.48. The molecule has 3 aromatic rings. The molecule has 0 saturated heterocycles. The van der Waals surface area contributed by atoms with Crippen molar-refractivity contribution in [3.8, 4) is 10.8 Å². The summed E-state index contributed by atoms with van der Waals surface area (Å²) < 4.78 is 23.8. The highest BCUT2D eigenvalue weighted by molar-refractivity contribution is 7.13. The number of furan rings is 1. The van der Waals surface area contributed by atoms with Gasteiger partial charge in [0, 0.05) is 18.5 Å². The predicted molar refractivity (Wildman–Crippen MR) is 102 cm³/mol. The number of ether oxygens (including phenoxy) is 1. The van der Waals surface area contributed by atoms with Gasteiger partial charge in [-0.25, -0.2) is 9.37 Å². The van der Waals surface area contributed by atoms with Crippen molar-refractivity contribution in [1.29, 1.82) is 0 Å². The van der Waals surface area contributed by atoms with Crippen LogP contribution in [-0.4, -0.2) is 29.0 Å². The molecule has 0 atom stereocenters. The van der Waals surface area contributed by atoms with E-state index in [1.807, 2.05) is 29.3 Å². The van der Waals surface area contributed by atoms with Crippen LogP contribution < -0.4 is 0 Å². The van der Waals surface area contributed by atoms with E-state index in [2.05, 4.69) is 4.98 Å². The zero-order valence-electron chi connectivity index (χ0n) is 15.3. The summed E-state index contributed by atoms with van der Waals surface area (Å²) in [4.78, 5) is 18.5. The van der Waals surface area contributed by atoms with Gasteiger partial charge in [0.15, 0.2) is 10.8 Å². The number of carbonyl (C=O) groups is 1. The Balaban J connectivity index is 1.73. The van der Waals surface area contributed by atoms with Crippen LogP contribution in [0.3, 0.4) is 0 Å². The molecule has 142 valence electrons. The molecule has 0 aliphatic rings. The molecule has 0 radical (unpaired) electrons. The van der Waals surface area contributed by atoms with Crippen LogP contribution in [-0.2, 0) is 22.6 Å². The molecule has 0 aliphatic carbocycles. The summed E-state index contributed by atoms with van der Waals surface area (Å²) in [7, 11) is 0. The van der Waals surface area contributed by atoms with Gasteiger partial charge < -0.3 is 9.15 Å². The van der Waals surface area contributed by atoms with Crippen molar-refractivity contribution in [3.63, 3.8) is 0 Å². The van der Waals surface area contributed by atoms with E-state index in [0.29, 0.717) is 19.7 Å². The summed E-state index contributed by atoms with van der Waals surface area (Å²) in [5, 5.41) is 2.76.